The molecule has 2 rings (SSSR count). The molecule has 1 heterocycles. The summed E-state index contributed by atoms with van der Waals surface area (Å²) in [5, 5.41) is 22.7. The summed E-state index contributed by atoms with van der Waals surface area (Å²) in [5.74, 6) is 0.371. The van der Waals surface area contributed by atoms with E-state index in [-0.39, 0.29) is 18.0 Å². The lowest BCUT2D eigenvalue weighted by Crippen LogP contribution is -2.16. The lowest BCUT2D eigenvalue weighted by atomic mass is 10.2. The Bertz CT molecular complexity index is 874. The normalized spacial score (nSPS) is 10.2. The van der Waals surface area contributed by atoms with Crippen LogP contribution in [0.25, 0.3) is 0 Å². The van der Waals surface area contributed by atoms with Crippen molar-refractivity contribution in [2.24, 2.45) is 5.10 Å². The van der Waals surface area contributed by atoms with Crippen molar-refractivity contribution in [3.8, 4) is 23.4 Å². The Labute approximate surface area is 147 Å². The van der Waals surface area contributed by atoms with Crippen molar-refractivity contribution in [2.45, 2.75) is 6.42 Å². The molecule has 0 aliphatic carbocycles. The number of nitrogens with one attached hydrogen (secondary N) is 1. The minimum absolute atomic E-state index is 0.144. The first-order chi connectivity index (χ1) is 12.5. The highest BCUT2D eigenvalue weighted by Gasteiger charge is 2.10. The number of hydrogen-bond donors (Lipinski definition) is 1. The quantitative estimate of drug-likeness (QED) is 0.456. The molecule has 0 saturated heterocycles. The van der Waals surface area contributed by atoms with Crippen LogP contribution in [0.1, 0.15) is 12.0 Å². The van der Waals surface area contributed by atoms with Gasteiger partial charge in [0.05, 0.1) is 24.3 Å². The van der Waals surface area contributed by atoms with Crippen LogP contribution < -0.4 is 14.9 Å². The summed E-state index contributed by atoms with van der Waals surface area (Å²) in [4.78, 5) is 25.1. The first kappa shape index (κ1) is 18.3. The number of rotatable bonds is 7. The molecule has 132 valence electrons. The van der Waals surface area contributed by atoms with Gasteiger partial charge in [0.15, 0.2) is 11.5 Å². The van der Waals surface area contributed by atoms with E-state index in [0.717, 1.165) is 6.20 Å². The average molecular weight is 355 g/mol. The molecule has 0 aliphatic rings. The molecule has 1 aromatic carbocycles. The molecule has 1 N–H and O–H groups in total. The monoisotopic (exact) mass is 355 g/mol. The number of hydrazone groups is 1. The van der Waals surface area contributed by atoms with Crippen molar-refractivity contribution in [3.63, 3.8) is 0 Å². The summed E-state index contributed by atoms with van der Waals surface area (Å²) in [5.41, 5.74) is 2.68. The second-order valence-corrected chi connectivity index (χ2v) is 4.75. The van der Waals surface area contributed by atoms with E-state index in [1.807, 2.05) is 0 Å². The molecule has 1 aromatic heterocycles. The molecule has 0 saturated carbocycles. The number of pyridine rings is 1. The molecular weight excluding hydrogens is 342 g/mol. The zero-order chi connectivity index (χ0) is 18.9. The number of aromatic nitrogens is 1. The van der Waals surface area contributed by atoms with Crippen LogP contribution in [0.3, 0.4) is 0 Å². The predicted octanol–water partition coefficient (Wildman–Crippen LogP) is 2.15. The molecule has 0 fully saturated rings. The second kappa shape index (κ2) is 8.74. The van der Waals surface area contributed by atoms with Gasteiger partial charge in [-0.05, 0) is 23.8 Å². The average Bonchev–Trinajstić information content (AvgIpc) is 2.63. The molecule has 0 radical (unpaired) electrons. The summed E-state index contributed by atoms with van der Waals surface area (Å²) < 4.78 is 10.8. The van der Waals surface area contributed by atoms with Crippen LogP contribution in [0.5, 0.6) is 17.4 Å². The lowest BCUT2D eigenvalue weighted by molar-refractivity contribution is -0.385. The van der Waals surface area contributed by atoms with Crippen molar-refractivity contribution >= 4 is 17.8 Å². The zero-order valence-electron chi connectivity index (χ0n) is 13.6. The van der Waals surface area contributed by atoms with Gasteiger partial charge in [0.25, 0.3) is 11.6 Å². The minimum atomic E-state index is -0.555. The summed E-state index contributed by atoms with van der Waals surface area (Å²) in [6.07, 6.45) is 2.19. The fourth-order valence-electron chi connectivity index (χ4n) is 1.79. The first-order valence-electron chi connectivity index (χ1n) is 7.18. The number of nitrogens with zero attached hydrogens (tertiary/aromatic N) is 4. The van der Waals surface area contributed by atoms with Crippen LogP contribution >= 0.6 is 0 Å². The Morgan fingerprint density at radius 2 is 2.23 bits per heavy atom. The Morgan fingerprint density at radius 1 is 1.42 bits per heavy atom. The Morgan fingerprint density at radius 3 is 2.85 bits per heavy atom. The first-order valence-corrected chi connectivity index (χ1v) is 7.18. The van der Waals surface area contributed by atoms with E-state index in [1.54, 1.807) is 24.3 Å². The number of carbonyl (C=O) groups is 1. The molecule has 0 aliphatic heterocycles. The lowest BCUT2D eigenvalue weighted by Gasteiger charge is -2.10. The van der Waals surface area contributed by atoms with Crippen LogP contribution in [0.2, 0.25) is 0 Å². The molecule has 0 unspecified atom stereocenters. The van der Waals surface area contributed by atoms with Gasteiger partial charge in [-0.3, -0.25) is 14.9 Å². The van der Waals surface area contributed by atoms with Gasteiger partial charge in [0, 0.05) is 12.1 Å². The van der Waals surface area contributed by atoms with E-state index in [0.29, 0.717) is 17.1 Å². The van der Waals surface area contributed by atoms with Crippen LogP contribution in [-0.4, -0.2) is 29.1 Å². The second-order valence-electron chi connectivity index (χ2n) is 4.75. The molecular formula is C16H13N5O5. The van der Waals surface area contributed by atoms with Gasteiger partial charge in [0.1, 0.15) is 12.6 Å². The van der Waals surface area contributed by atoms with Gasteiger partial charge in [-0.15, -0.1) is 0 Å². The highest BCUT2D eigenvalue weighted by atomic mass is 16.6. The standard InChI is InChI=1S/C16H13N5O5/c1-25-14-8-11(9-19-20-15(22)6-7-17)2-4-13(14)26-16-5-3-12(10-18-16)21(23)24/h2-5,8-10H,6H2,1H3,(H,20,22)/b19-9+. The zero-order valence-corrected chi connectivity index (χ0v) is 13.6. The molecule has 0 spiro atoms. The Hall–Kier alpha value is -4.00. The van der Waals surface area contributed by atoms with Gasteiger partial charge in [-0.25, -0.2) is 10.4 Å². The van der Waals surface area contributed by atoms with Crippen molar-refractivity contribution in [1.82, 2.24) is 10.4 Å². The Balaban J connectivity index is 2.10. The number of hydrogen-bond acceptors (Lipinski definition) is 8. The van der Waals surface area contributed by atoms with Crippen LogP contribution in [0.4, 0.5) is 5.69 Å². The maximum absolute atomic E-state index is 11.1. The van der Waals surface area contributed by atoms with Gasteiger partial charge in [0.2, 0.25) is 5.88 Å². The van der Waals surface area contributed by atoms with E-state index in [9.17, 15) is 14.9 Å². The maximum atomic E-state index is 11.1. The maximum Gasteiger partial charge on any atom is 0.287 e. The van der Waals surface area contributed by atoms with Gasteiger partial charge in [-0.1, -0.05) is 0 Å². The van der Waals surface area contributed by atoms with Crippen molar-refractivity contribution in [3.05, 3.63) is 52.2 Å². The minimum Gasteiger partial charge on any atom is -0.493 e. The Kier molecular flexibility index (Phi) is 6.17. The van der Waals surface area contributed by atoms with Gasteiger partial charge in [-0.2, -0.15) is 10.4 Å². The van der Waals surface area contributed by atoms with Gasteiger partial charge < -0.3 is 9.47 Å². The van der Waals surface area contributed by atoms with E-state index in [2.05, 4.69) is 15.5 Å². The number of nitro groups is 1. The number of amides is 1. The third-order valence-electron chi connectivity index (χ3n) is 2.98. The molecule has 0 atom stereocenters. The number of nitriles is 1. The van der Waals surface area contributed by atoms with Crippen molar-refractivity contribution in [2.75, 3.05) is 7.11 Å². The van der Waals surface area contributed by atoms with E-state index >= 15 is 0 Å². The van der Waals surface area contributed by atoms with Crippen molar-refractivity contribution in [1.29, 1.82) is 5.26 Å². The van der Waals surface area contributed by atoms with Gasteiger partial charge >= 0.3 is 0 Å². The van der Waals surface area contributed by atoms with Crippen LogP contribution in [0.15, 0.2) is 41.6 Å². The number of benzene rings is 1. The topological polar surface area (TPSA) is 140 Å². The molecule has 10 nitrogen and oxygen atoms in total. The van der Waals surface area contributed by atoms with Crippen molar-refractivity contribution < 1.29 is 19.2 Å². The van der Waals surface area contributed by atoms with E-state index in [4.69, 9.17) is 14.7 Å². The smallest absolute Gasteiger partial charge is 0.287 e. The SMILES string of the molecule is COc1cc(/C=N/NC(=O)CC#N)ccc1Oc1ccc([N+](=O)[O-])cn1. The molecule has 26 heavy (non-hydrogen) atoms. The predicted molar refractivity (Wildman–Crippen MR) is 89.9 cm³/mol. The molecule has 1 amide bonds. The molecule has 10 heteroatoms. The number of carbonyl (C=O) groups excluding carboxylic acids is 1. The van der Waals surface area contributed by atoms with E-state index < -0.39 is 10.8 Å². The number of ether oxygens (including phenoxy) is 2. The highest BCUT2D eigenvalue weighted by Crippen LogP contribution is 2.31. The van der Waals surface area contributed by atoms with Crippen LogP contribution in [0, 0.1) is 21.4 Å². The summed E-state index contributed by atoms with van der Waals surface area (Å²) >= 11 is 0. The summed E-state index contributed by atoms with van der Waals surface area (Å²) in [7, 11) is 1.45. The third kappa shape index (κ3) is 5.00. The summed E-state index contributed by atoms with van der Waals surface area (Å²) in [6, 6.07) is 9.22. The third-order valence-corrected chi connectivity index (χ3v) is 2.98. The summed E-state index contributed by atoms with van der Waals surface area (Å²) in [6.45, 7) is 0. The highest BCUT2D eigenvalue weighted by molar-refractivity contribution is 5.83. The fourth-order valence-corrected chi connectivity index (χ4v) is 1.79. The fraction of sp³-hybridized carbons (Fsp3) is 0.125. The largest absolute Gasteiger partial charge is 0.493 e. The number of methoxy groups -OCH3 is 1. The molecule has 2 aromatic rings. The molecule has 0 bridgehead atoms. The van der Waals surface area contributed by atoms with E-state index in [1.165, 1.54) is 25.5 Å². The van der Waals surface area contributed by atoms with Crippen LogP contribution in [-0.2, 0) is 4.79 Å².